The summed E-state index contributed by atoms with van der Waals surface area (Å²) in [6.45, 7) is 1.56. The van der Waals surface area contributed by atoms with Gasteiger partial charge in [-0.3, -0.25) is 4.79 Å². The molecule has 1 aromatic carbocycles. The molecule has 1 fully saturated rings. The molecular formula is C11H13Cl2FN2O. The summed E-state index contributed by atoms with van der Waals surface area (Å²) >= 11 is 5.62. The molecule has 1 heterocycles. The van der Waals surface area contributed by atoms with Crippen LogP contribution in [0.25, 0.3) is 0 Å². The van der Waals surface area contributed by atoms with Crippen molar-refractivity contribution in [3.05, 3.63) is 29.0 Å². The summed E-state index contributed by atoms with van der Waals surface area (Å²) in [5.74, 6) is -0.543. The van der Waals surface area contributed by atoms with Gasteiger partial charge in [-0.05, 0) is 31.2 Å². The van der Waals surface area contributed by atoms with Crippen LogP contribution in [0.3, 0.4) is 0 Å². The van der Waals surface area contributed by atoms with Gasteiger partial charge in [0, 0.05) is 12.2 Å². The largest absolute Gasteiger partial charge is 0.326 e. The van der Waals surface area contributed by atoms with Crippen molar-refractivity contribution in [3.63, 3.8) is 0 Å². The maximum atomic E-state index is 12.9. The summed E-state index contributed by atoms with van der Waals surface area (Å²) in [6.07, 6.45) is 0.834. The maximum absolute atomic E-state index is 12.9. The zero-order valence-corrected chi connectivity index (χ0v) is 10.6. The van der Waals surface area contributed by atoms with Gasteiger partial charge in [-0.25, -0.2) is 4.39 Å². The van der Waals surface area contributed by atoms with Crippen molar-refractivity contribution in [3.8, 4) is 0 Å². The van der Waals surface area contributed by atoms with Gasteiger partial charge in [-0.2, -0.15) is 0 Å². The summed E-state index contributed by atoms with van der Waals surface area (Å²) in [5, 5.41) is 5.85. The molecule has 0 bridgehead atoms. The SMILES string of the molecule is Cl.O=C(Nc1ccc(F)c(Cl)c1)C1CCNC1. The lowest BCUT2D eigenvalue weighted by molar-refractivity contribution is -0.119. The van der Waals surface area contributed by atoms with Crippen LogP contribution in [0.15, 0.2) is 18.2 Å². The zero-order valence-electron chi connectivity index (χ0n) is 9.00. The number of halogens is 3. The van der Waals surface area contributed by atoms with Crippen molar-refractivity contribution < 1.29 is 9.18 Å². The van der Waals surface area contributed by atoms with Gasteiger partial charge < -0.3 is 10.6 Å². The first-order valence-corrected chi connectivity index (χ1v) is 5.51. The highest BCUT2D eigenvalue weighted by molar-refractivity contribution is 6.31. The van der Waals surface area contributed by atoms with Crippen molar-refractivity contribution in [2.75, 3.05) is 18.4 Å². The van der Waals surface area contributed by atoms with Gasteiger partial charge in [-0.1, -0.05) is 11.6 Å². The lowest BCUT2D eigenvalue weighted by Gasteiger charge is -2.10. The first-order chi connectivity index (χ1) is 7.66. The van der Waals surface area contributed by atoms with Gasteiger partial charge in [0.1, 0.15) is 5.82 Å². The van der Waals surface area contributed by atoms with E-state index in [0.717, 1.165) is 13.0 Å². The topological polar surface area (TPSA) is 41.1 Å². The van der Waals surface area contributed by atoms with Crippen LogP contribution >= 0.6 is 24.0 Å². The van der Waals surface area contributed by atoms with Gasteiger partial charge in [-0.15, -0.1) is 12.4 Å². The summed E-state index contributed by atoms with van der Waals surface area (Å²) in [5.41, 5.74) is 0.531. The average Bonchev–Trinajstić information content (AvgIpc) is 2.77. The van der Waals surface area contributed by atoms with E-state index in [2.05, 4.69) is 10.6 Å². The van der Waals surface area contributed by atoms with E-state index in [-0.39, 0.29) is 29.3 Å². The minimum atomic E-state index is -0.484. The number of rotatable bonds is 2. The van der Waals surface area contributed by atoms with E-state index in [1.165, 1.54) is 18.2 Å². The van der Waals surface area contributed by atoms with Crippen LogP contribution in [0.4, 0.5) is 10.1 Å². The molecule has 1 unspecified atom stereocenters. The van der Waals surface area contributed by atoms with E-state index in [9.17, 15) is 9.18 Å². The van der Waals surface area contributed by atoms with Gasteiger partial charge in [0.2, 0.25) is 5.91 Å². The fraction of sp³-hybridized carbons (Fsp3) is 0.364. The van der Waals surface area contributed by atoms with Gasteiger partial charge in [0.25, 0.3) is 0 Å². The second kappa shape index (κ2) is 6.19. The van der Waals surface area contributed by atoms with Crippen LogP contribution in [0, 0.1) is 11.7 Å². The minimum Gasteiger partial charge on any atom is -0.326 e. The Morgan fingerprint density at radius 2 is 2.29 bits per heavy atom. The molecular weight excluding hydrogens is 266 g/mol. The Hall–Kier alpha value is -0.840. The Morgan fingerprint density at radius 1 is 1.53 bits per heavy atom. The van der Waals surface area contributed by atoms with Crippen LogP contribution in [0.1, 0.15) is 6.42 Å². The monoisotopic (exact) mass is 278 g/mol. The number of amides is 1. The molecule has 1 aliphatic rings. The van der Waals surface area contributed by atoms with Crippen molar-refractivity contribution in [2.24, 2.45) is 5.92 Å². The zero-order chi connectivity index (χ0) is 11.5. The van der Waals surface area contributed by atoms with E-state index in [1.54, 1.807) is 0 Å². The standard InChI is InChI=1S/C11H12ClFN2O.ClH/c12-9-5-8(1-2-10(9)13)15-11(16)7-3-4-14-6-7;/h1-2,5,7,14H,3-4,6H2,(H,15,16);1H. The second-order valence-corrected chi connectivity index (χ2v) is 4.22. The van der Waals surface area contributed by atoms with E-state index >= 15 is 0 Å². The van der Waals surface area contributed by atoms with Crippen molar-refractivity contribution >= 4 is 35.6 Å². The molecule has 6 heteroatoms. The fourth-order valence-electron chi connectivity index (χ4n) is 1.70. The molecule has 0 aliphatic carbocycles. The fourth-order valence-corrected chi connectivity index (χ4v) is 1.88. The molecule has 0 spiro atoms. The number of carbonyl (C=O) groups excluding carboxylic acids is 1. The Kier molecular flexibility index (Phi) is 5.18. The Labute approximate surface area is 110 Å². The third-order valence-electron chi connectivity index (χ3n) is 2.62. The molecule has 17 heavy (non-hydrogen) atoms. The molecule has 2 N–H and O–H groups in total. The first-order valence-electron chi connectivity index (χ1n) is 5.13. The van der Waals surface area contributed by atoms with Gasteiger partial charge >= 0.3 is 0 Å². The molecule has 0 aromatic heterocycles. The number of hydrogen-bond donors (Lipinski definition) is 2. The Morgan fingerprint density at radius 3 is 2.88 bits per heavy atom. The summed E-state index contributed by atoms with van der Waals surface area (Å²) < 4.78 is 12.9. The van der Waals surface area contributed by atoms with Gasteiger partial charge in [0.15, 0.2) is 0 Å². The van der Waals surface area contributed by atoms with E-state index in [4.69, 9.17) is 11.6 Å². The average molecular weight is 279 g/mol. The quantitative estimate of drug-likeness (QED) is 0.873. The third kappa shape index (κ3) is 3.56. The molecule has 2 rings (SSSR count). The first kappa shape index (κ1) is 14.2. The minimum absolute atomic E-state index is 0. The van der Waals surface area contributed by atoms with E-state index in [1.807, 2.05) is 0 Å². The van der Waals surface area contributed by atoms with E-state index in [0.29, 0.717) is 12.2 Å². The predicted octanol–water partition coefficient (Wildman–Crippen LogP) is 2.45. The van der Waals surface area contributed by atoms with Crippen LogP contribution in [0.5, 0.6) is 0 Å². The highest BCUT2D eigenvalue weighted by Crippen LogP contribution is 2.20. The molecule has 0 radical (unpaired) electrons. The normalized spacial score (nSPS) is 18.6. The highest BCUT2D eigenvalue weighted by atomic mass is 35.5. The molecule has 94 valence electrons. The van der Waals surface area contributed by atoms with Crippen molar-refractivity contribution in [1.29, 1.82) is 0 Å². The van der Waals surface area contributed by atoms with E-state index < -0.39 is 5.82 Å². The molecule has 1 aliphatic heterocycles. The van der Waals surface area contributed by atoms with Crippen LogP contribution in [-0.2, 0) is 4.79 Å². The Bertz CT molecular complexity index is 408. The molecule has 1 amide bonds. The lowest BCUT2D eigenvalue weighted by atomic mass is 10.1. The van der Waals surface area contributed by atoms with Crippen LogP contribution in [-0.4, -0.2) is 19.0 Å². The maximum Gasteiger partial charge on any atom is 0.228 e. The second-order valence-electron chi connectivity index (χ2n) is 3.81. The number of hydrogen-bond acceptors (Lipinski definition) is 2. The number of carbonyl (C=O) groups is 1. The lowest BCUT2D eigenvalue weighted by Crippen LogP contribution is -2.24. The van der Waals surface area contributed by atoms with Gasteiger partial charge in [0.05, 0.1) is 10.9 Å². The van der Waals surface area contributed by atoms with Crippen molar-refractivity contribution in [2.45, 2.75) is 6.42 Å². The van der Waals surface area contributed by atoms with Crippen LogP contribution in [0.2, 0.25) is 5.02 Å². The number of benzene rings is 1. The predicted molar refractivity (Wildman–Crippen MR) is 68.3 cm³/mol. The number of nitrogens with one attached hydrogen (secondary N) is 2. The molecule has 1 aromatic rings. The summed E-state index contributed by atoms with van der Waals surface area (Å²) in [4.78, 5) is 11.7. The van der Waals surface area contributed by atoms with Crippen molar-refractivity contribution in [1.82, 2.24) is 5.32 Å². The highest BCUT2D eigenvalue weighted by Gasteiger charge is 2.22. The molecule has 1 saturated heterocycles. The Balaban J connectivity index is 0.00000144. The summed E-state index contributed by atoms with van der Waals surface area (Å²) in [6, 6.07) is 4.16. The molecule has 0 saturated carbocycles. The van der Waals surface area contributed by atoms with Crippen LogP contribution < -0.4 is 10.6 Å². The molecule has 3 nitrogen and oxygen atoms in total. The third-order valence-corrected chi connectivity index (χ3v) is 2.91. The number of anilines is 1. The molecule has 1 atom stereocenters. The smallest absolute Gasteiger partial charge is 0.228 e. The summed E-state index contributed by atoms with van der Waals surface area (Å²) in [7, 11) is 0.